The van der Waals surface area contributed by atoms with E-state index in [1.165, 1.54) is 31.2 Å². The van der Waals surface area contributed by atoms with E-state index in [1.54, 1.807) is 0 Å². The molecule has 0 spiro atoms. The molecule has 1 atom stereocenters. The average Bonchev–Trinajstić information content (AvgIpc) is 3.39. The third kappa shape index (κ3) is 4.23. The molecule has 5 nitrogen and oxygen atoms in total. The molecule has 0 N–H and O–H groups in total. The number of carbonyl (C=O) groups excluding carboxylic acids is 1. The number of hydrogen-bond acceptors (Lipinski definition) is 4. The van der Waals surface area contributed by atoms with Gasteiger partial charge in [0, 0.05) is 18.5 Å². The number of amides is 1. The summed E-state index contributed by atoms with van der Waals surface area (Å²) in [6.45, 7) is 2.86. The van der Waals surface area contributed by atoms with Gasteiger partial charge in [-0.2, -0.15) is 4.98 Å². The number of piperidine rings is 1. The van der Waals surface area contributed by atoms with E-state index >= 15 is 0 Å². The van der Waals surface area contributed by atoms with E-state index in [1.807, 2.05) is 29.2 Å². The molecule has 1 aromatic carbocycles. The van der Waals surface area contributed by atoms with Crippen molar-refractivity contribution in [2.75, 3.05) is 6.54 Å². The third-order valence-electron chi connectivity index (χ3n) is 6.10. The van der Waals surface area contributed by atoms with Crippen LogP contribution >= 0.6 is 0 Å². The number of carbonyl (C=O) groups is 1. The topological polar surface area (TPSA) is 59.2 Å². The van der Waals surface area contributed by atoms with Gasteiger partial charge < -0.3 is 9.42 Å². The Bertz CT molecular complexity index is 762. The smallest absolute Gasteiger partial charge is 0.249 e. The van der Waals surface area contributed by atoms with Gasteiger partial charge in [-0.1, -0.05) is 60.7 Å². The summed E-state index contributed by atoms with van der Waals surface area (Å²) in [5, 5.41) is 4.17. The predicted molar refractivity (Wildman–Crippen MR) is 104 cm³/mol. The minimum atomic E-state index is -0.0680. The Hall–Kier alpha value is -2.17. The molecule has 2 fully saturated rings. The summed E-state index contributed by atoms with van der Waals surface area (Å²) >= 11 is 0. The molecule has 4 rings (SSSR count). The highest BCUT2D eigenvalue weighted by Gasteiger charge is 2.32. The quantitative estimate of drug-likeness (QED) is 0.740. The molecule has 1 aliphatic carbocycles. The van der Waals surface area contributed by atoms with Crippen molar-refractivity contribution >= 4 is 5.91 Å². The first-order valence-corrected chi connectivity index (χ1v) is 10.4. The molecule has 27 heavy (non-hydrogen) atoms. The number of nitrogens with zero attached hydrogens (tertiary/aromatic N) is 3. The number of hydrogen-bond donors (Lipinski definition) is 0. The van der Waals surface area contributed by atoms with Crippen LogP contribution in [-0.2, 0) is 4.79 Å². The molecule has 0 radical (unpaired) electrons. The van der Waals surface area contributed by atoms with Crippen molar-refractivity contribution in [1.29, 1.82) is 0 Å². The lowest BCUT2D eigenvalue weighted by Crippen LogP contribution is -2.38. The molecule has 1 aromatic heterocycles. The molecule has 5 heteroatoms. The van der Waals surface area contributed by atoms with E-state index in [0.29, 0.717) is 18.1 Å². The molecule has 1 amide bonds. The van der Waals surface area contributed by atoms with Crippen molar-refractivity contribution in [2.24, 2.45) is 5.92 Å². The van der Waals surface area contributed by atoms with Gasteiger partial charge in [-0.3, -0.25) is 4.79 Å². The molecule has 2 heterocycles. The van der Waals surface area contributed by atoms with E-state index in [-0.39, 0.29) is 11.9 Å². The first-order chi connectivity index (χ1) is 13.2. The van der Waals surface area contributed by atoms with Crippen LogP contribution in [0.2, 0.25) is 0 Å². The Kier molecular flexibility index (Phi) is 5.55. The second-order valence-corrected chi connectivity index (χ2v) is 8.11. The van der Waals surface area contributed by atoms with E-state index in [4.69, 9.17) is 4.52 Å². The molecular formula is C22H29N3O2. The number of aryl methyl sites for hydroxylation is 1. The summed E-state index contributed by atoms with van der Waals surface area (Å²) < 4.78 is 5.59. The first kappa shape index (κ1) is 18.2. The van der Waals surface area contributed by atoms with Gasteiger partial charge in [0.25, 0.3) is 0 Å². The average molecular weight is 367 g/mol. The number of benzene rings is 1. The second kappa shape index (κ2) is 8.24. The molecule has 1 saturated heterocycles. The van der Waals surface area contributed by atoms with Gasteiger partial charge in [-0.25, -0.2) is 0 Å². The molecule has 2 aliphatic rings. The zero-order valence-electron chi connectivity index (χ0n) is 16.2. The van der Waals surface area contributed by atoms with E-state index in [2.05, 4.69) is 17.1 Å². The lowest BCUT2D eigenvalue weighted by atomic mass is 9.98. The van der Waals surface area contributed by atoms with Crippen LogP contribution in [0.5, 0.6) is 0 Å². The number of rotatable bonds is 5. The maximum atomic E-state index is 12.9. The molecule has 1 aliphatic heterocycles. The Balaban J connectivity index is 1.45. The zero-order chi connectivity index (χ0) is 18.6. The van der Waals surface area contributed by atoms with Crippen molar-refractivity contribution in [3.05, 3.63) is 35.7 Å². The standard InChI is InChI=1S/C22H29N3O2/c1-16-9-12-18(13-10-16)21-23-22(27-24-21)19-8-4-5-15-25(19)20(26)14-11-17-6-2-3-7-17/h9-10,12-13,17,19H,2-8,11,14-15H2,1H3/t19-/m0/s1. The van der Waals surface area contributed by atoms with Crippen LogP contribution in [-0.4, -0.2) is 27.5 Å². The molecule has 144 valence electrons. The summed E-state index contributed by atoms with van der Waals surface area (Å²) in [6.07, 6.45) is 9.99. The fraction of sp³-hybridized carbons (Fsp3) is 0.591. The maximum Gasteiger partial charge on any atom is 0.249 e. The van der Waals surface area contributed by atoms with Gasteiger partial charge in [-0.05, 0) is 38.5 Å². The van der Waals surface area contributed by atoms with Gasteiger partial charge in [-0.15, -0.1) is 0 Å². The normalized spacial score (nSPS) is 20.9. The van der Waals surface area contributed by atoms with Crippen molar-refractivity contribution in [3.63, 3.8) is 0 Å². The first-order valence-electron chi connectivity index (χ1n) is 10.4. The van der Waals surface area contributed by atoms with Crippen LogP contribution in [0.25, 0.3) is 11.4 Å². The van der Waals surface area contributed by atoms with Crippen LogP contribution in [0.3, 0.4) is 0 Å². The number of aromatic nitrogens is 2. The lowest BCUT2D eigenvalue weighted by molar-refractivity contribution is -0.136. The predicted octanol–water partition coefficient (Wildman–Crippen LogP) is 5.07. The van der Waals surface area contributed by atoms with Crippen LogP contribution in [0.4, 0.5) is 0 Å². The van der Waals surface area contributed by atoms with Crippen molar-refractivity contribution in [3.8, 4) is 11.4 Å². The SMILES string of the molecule is Cc1ccc(-c2noc([C@@H]3CCCCN3C(=O)CCC3CCCC3)n2)cc1. The summed E-state index contributed by atoms with van der Waals surface area (Å²) in [5.41, 5.74) is 2.15. The second-order valence-electron chi connectivity index (χ2n) is 8.11. The molecule has 2 aromatic rings. The summed E-state index contributed by atoms with van der Waals surface area (Å²) in [4.78, 5) is 19.5. The Morgan fingerprint density at radius 1 is 1.11 bits per heavy atom. The minimum Gasteiger partial charge on any atom is -0.337 e. The van der Waals surface area contributed by atoms with E-state index in [0.717, 1.165) is 43.7 Å². The van der Waals surface area contributed by atoms with Gasteiger partial charge in [0.05, 0.1) is 0 Å². The summed E-state index contributed by atoms with van der Waals surface area (Å²) in [5.74, 6) is 2.18. The summed E-state index contributed by atoms with van der Waals surface area (Å²) in [6, 6.07) is 8.04. The summed E-state index contributed by atoms with van der Waals surface area (Å²) in [7, 11) is 0. The highest BCUT2D eigenvalue weighted by atomic mass is 16.5. The number of likely N-dealkylation sites (tertiary alicyclic amines) is 1. The fourth-order valence-electron chi connectivity index (χ4n) is 4.45. The van der Waals surface area contributed by atoms with Crippen LogP contribution in [0, 0.1) is 12.8 Å². The van der Waals surface area contributed by atoms with Gasteiger partial charge in [0.1, 0.15) is 6.04 Å². The van der Waals surface area contributed by atoms with E-state index < -0.39 is 0 Å². The van der Waals surface area contributed by atoms with E-state index in [9.17, 15) is 4.79 Å². The van der Waals surface area contributed by atoms with Crippen molar-refractivity contribution in [1.82, 2.24) is 15.0 Å². The van der Waals surface area contributed by atoms with Crippen molar-refractivity contribution in [2.45, 2.75) is 70.8 Å². The monoisotopic (exact) mass is 367 g/mol. The molecule has 0 unspecified atom stereocenters. The highest BCUT2D eigenvalue weighted by Crippen LogP contribution is 2.33. The fourth-order valence-corrected chi connectivity index (χ4v) is 4.45. The lowest BCUT2D eigenvalue weighted by Gasteiger charge is -2.33. The third-order valence-corrected chi connectivity index (χ3v) is 6.10. The maximum absolute atomic E-state index is 12.9. The van der Waals surface area contributed by atoms with Gasteiger partial charge >= 0.3 is 0 Å². The largest absolute Gasteiger partial charge is 0.337 e. The highest BCUT2D eigenvalue weighted by molar-refractivity contribution is 5.76. The van der Waals surface area contributed by atoms with Crippen LogP contribution in [0.15, 0.2) is 28.8 Å². The Labute approximate surface area is 161 Å². The molecule has 1 saturated carbocycles. The Morgan fingerprint density at radius 2 is 1.85 bits per heavy atom. The van der Waals surface area contributed by atoms with Crippen molar-refractivity contribution < 1.29 is 9.32 Å². The molecular weight excluding hydrogens is 338 g/mol. The van der Waals surface area contributed by atoms with Gasteiger partial charge in [0.2, 0.25) is 17.6 Å². The Morgan fingerprint density at radius 3 is 2.63 bits per heavy atom. The zero-order valence-corrected chi connectivity index (χ0v) is 16.2. The molecule has 0 bridgehead atoms. The van der Waals surface area contributed by atoms with Crippen LogP contribution < -0.4 is 0 Å². The van der Waals surface area contributed by atoms with Gasteiger partial charge in [0.15, 0.2) is 0 Å². The minimum absolute atomic E-state index is 0.0680. The van der Waals surface area contributed by atoms with Crippen LogP contribution in [0.1, 0.15) is 75.3 Å².